The second-order valence-corrected chi connectivity index (χ2v) is 9.21. The Kier molecular flexibility index (Phi) is 5.14. The number of aromatic hydroxyl groups is 1. The van der Waals surface area contributed by atoms with E-state index >= 15 is 0 Å². The molecule has 2 N–H and O–H groups in total. The number of carbonyl (C=O) groups is 1. The second-order valence-electron chi connectivity index (χ2n) is 9.21. The van der Waals surface area contributed by atoms with Crippen LogP contribution in [0.3, 0.4) is 0 Å². The van der Waals surface area contributed by atoms with Gasteiger partial charge in [-0.1, -0.05) is 30.7 Å². The Labute approximate surface area is 196 Å². The van der Waals surface area contributed by atoms with E-state index in [-0.39, 0.29) is 23.5 Å². The van der Waals surface area contributed by atoms with E-state index in [0.717, 1.165) is 50.8 Å². The average Bonchev–Trinajstić information content (AvgIpc) is 3.56. The van der Waals surface area contributed by atoms with Crippen molar-refractivity contribution in [2.75, 3.05) is 13.1 Å². The molecule has 0 bridgehead atoms. The SMILES string of the molecule is O=C(O)c1coc2c1c(C(c1ccnc(OC3CC3)c1)N1CCCCC1)c(O)c1ccccc12. The zero-order valence-electron chi connectivity index (χ0n) is 18.7. The molecule has 1 atom stereocenters. The van der Waals surface area contributed by atoms with Crippen LogP contribution in [0, 0.1) is 0 Å². The number of benzene rings is 2. The summed E-state index contributed by atoms with van der Waals surface area (Å²) in [6, 6.07) is 10.9. The van der Waals surface area contributed by atoms with Crippen LogP contribution in [0.25, 0.3) is 21.7 Å². The highest BCUT2D eigenvalue weighted by Crippen LogP contribution is 2.47. The third kappa shape index (κ3) is 3.56. The monoisotopic (exact) mass is 458 g/mol. The number of piperidine rings is 1. The lowest BCUT2D eigenvalue weighted by atomic mass is 9.88. The minimum absolute atomic E-state index is 0.0524. The Morgan fingerprint density at radius 1 is 1.12 bits per heavy atom. The first kappa shape index (κ1) is 21.0. The van der Waals surface area contributed by atoms with Crippen LogP contribution in [-0.4, -0.2) is 45.3 Å². The number of nitrogens with zero attached hydrogens (tertiary/aromatic N) is 2. The molecule has 4 aromatic rings. The van der Waals surface area contributed by atoms with Gasteiger partial charge < -0.3 is 19.4 Å². The van der Waals surface area contributed by atoms with Gasteiger partial charge in [-0.2, -0.15) is 0 Å². The molecule has 174 valence electrons. The van der Waals surface area contributed by atoms with Crippen molar-refractivity contribution in [3.8, 4) is 11.6 Å². The van der Waals surface area contributed by atoms with Crippen LogP contribution in [0.5, 0.6) is 11.6 Å². The molecule has 1 saturated heterocycles. The molecule has 2 aromatic heterocycles. The first-order valence-corrected chi connectivity index (χ1v) is 11.9. The molecular formula is C27H26N2O5. The Bertz CT molecular complexity index is 1380. The molecule has 1 unspecified atom stereocenters. The maximum atomic E-state index is 12.2. The lowest BCUT2D eigenvalue weighted by molar-refractivity contribution is 0.0698. The largest absolute Gasteiger partial charge is 0.507 e. The number of likely N-dealkylation sites (tertiary alicyclic amines) is 1. The number of aromatic carboxylic acids is 1. The first-order chi connectivity index (χ1) is 16.6. The maximum Gasteiger partial charge on any atom is 0.339 e. The van der Waals surface area contributed by atoms with Crippen LogP contribution < -0.4 is 4.74 Å². The highest BCUT2D eigenvalue weighted by molar-refractivity contribution is 6.15. The summed E-state index contributed by atoms with van der Waals surface area (Å²) >= 11 is 0. The Hall–Kier alpha value is -3.58. The van der Waals surface area contributed by atoms with E-state index in [4.69, 9.17) is 9.15 Å². The Morgan fingerprint density at radius 2 is 1.88 bits per heavy atom. The normalized spacial score (nSPS) is 17.8. The summed E-state index contributed by atoms with van der Waals surface area (Å²) in [7, 11) is 0. The van der Waals surface area contributed by atoms with E-state index in [1.807, 2.05) is 36.4 Å². The molecule has 2 aromatic carbocycles. The number of ether oxygens (including phenoxy) is 1. The topological polar surface area (TPSA) is 96.0 Å². The average molecular weight is 459 g/mol. The molecule has 0 radical (unpaired) electrons. The Balaban J connectivity index is 1.63. The molecule has 3 heterocycles. The zero-order valence-corrected chi connectivity index (χ0v) is 18.7. The van der Waals surface area contributed by atoms with Crippen molar-refractivity contribution in [2.24, 2.45) is 0 Å². The number of phenolic OH excluding ortho intramolecular Hbond substituents is 1. The number of hydrogen-bond donors (Lipinski definition) is 2. The van der Waals surface area contributed by atoms with Crippen LogP contribution in [0.1, 0.15) is 59.6 Å². The van der Waals surface area contributed by atoms with Crippen molar-refractivity contribution in [3.05, 3.63) is 65.5 Å². The lowest BCUT2D eigenvalue weighted by Gasteiger charge is -2.36. The third-order valence-corrected chi connectivity index (χ3v) is 6.89. The molecule has 34 heavy (non-hydrogen) atoms. The molecule has 0 amide bonds. The summed E-state index contributed by atoms with van der Waals surface area (Å²) in [6.07, 6.45) is 8.53. The molecule has 7 nitrogen and oxygen atoms in total. The number of carboxylic acids is 1. The van der Waals surface area contributed by atoms with Gasteiger partial charge in [0.25, 0.3) is 0 Å². The highest BCUT2D eigenvalue weighted by Gasteiger charge is 2.33. The predicted octanol–water partition coefficient (Wildman–Crippen LogP) is 5.50. The van der Waals surface area contributed by atoms with Gasteiger partial charge in [-0.25, -0.2) is 9.78 Å². The van der Waals surface area contributed by atoms with Crippen molar-refractivity contribution in [1.82, 2.24) is 9.88 Å². The summed E-state index contributed by atoms with van der Waals surface area (Å²) in [5.74, 6) is -0.437. The lowest BCUT2D eigenvalue weighted by Crippen LogP contribution is -2.34. The van der Waals surface area contributed by atoms with Crippen LogP contribution in [0.15, 0.2) is 53.3 Å². The molecule has 7 heteroatoms. The van der Waals surface area contributed by atoms with Gasteiger partial charge in [0.2, 0.25) is 5.88 Å². The molecule has 0 spiro atoms. The molecule has 6 rings (SSSR count). The summed E-state index contributed by atoms with van der Waals surface area (Å²) in [6.45, 7) is 1.69. The summed E-state index contributed by atoms with van der Waals surface area (Å²) in [4.78, 5) is 18.9. The molecular weight excluding hydrogens is 432 g/mol. The molecule has 1 aliphatic carbocycles. The molecule has 2 fully saturated rings. The second kappa shape index (κ2) is 8.33. The standard InChI is InChI=1S/C27H26N2O5/c30-25-18-6-2-3-7-19(18)26-22(20(15-33-26)27(31)32)23(25)24(29-12-4-1-5-13-29)16-10-11-28-21(14-16)34-17-8-9-17/h2-3,6-7,10-11,14-15,17,24,30H,1,4-5,8-9,12-13H2,(H,31,32). The summed E-state index contributed by atoms with van der Waals surface area (Å²) < 4.78 is 11.8. The van der Waals surface area contributed by atoms with Gasteiger partial charge in [0.05, 0.1) is 6.04 Å². The van der Waals surface area contributed by atoms with Crippen molar-refractivity contribution in [2.45, 2.75) is 44.2 Å². The van der Waals surface area contributed by atoms with E-state index in [1.165, 1.54) is 6.26 Å². The first-order valence-electron chi connectivity index (χ1n) is 11.9. The van der Waals surface area contributed by atoms with Crippen molar-refractivity contribution in [1.29, 1.82) is 0 Å². The van der Waals surface area contributed by atoms with Crippen molar-refractivity contribution < 1.29 is 24.2 Å². The third-order valence-electron chi connectivity index (χ3n) is 6.89. The van der Waals surface area contributed by atoms with Gasteiger partial charge in [-0.15, -0.1) is 0 Å². The number of phenols is 1. The van der Waals surface area contributed by atoms with Crippen LogP contribution in [-0.2, 0) is 0 Å². The summed E-state index contributed by atoms with van der Waals surface area (Å²) in [5, 5.41) is 23.4. The Morgan fingerprint density at radius 3 is 2.62 bits per heavy atom. The number of furan rings is 1. The number of aromatic nitrogens is 1. The quantitative estimate of drug-likeness (QED) is 0.394. The molecule has 1 saturated carbocycles. The molecule has 2 aliphatic rings. The van der Waals surface area contributed by atoms with Crippen LogP contribution in [0.4, 0.5) is 0 Å². The maximum absolute atomic E-state index is 12.2. The number of pyridine rings is 1. The van der Waals surface area contributed by atoms with E-state index in [1.54, 1.807) is 6.20 Å². The van der Waals surface area contributed by atoms with Gasteiger partial charge in [0.15, 0.2) is 0 Å². The fraction of sp³-hybridized carbons (Fsp3) is 0.333. The van der Waals surface area contributed by atoms with Crippen molar-refractivity contribution >= 4 is 27.7 Å². The fourth-order valence-electron chi connectivity index (χ4n) is 5.15. The van der Waals surface area contributed by atoms with Gasteiger partial charge in [0.1, 0.15) is 29.3 Å². The van der Waals surface area contributed by atoms with Crippen LogP contribution >= 0.6 is 0 Å². The molecule has 1 aliphatic heterocycles. The van der Waals surface area contributed by atoms with Gasteiger partial charge in [-0.05, 0) is 50.4 Å². The van der Waals surface area contributed by atoms with E-state index in [9.17, 15) is 15.0 Å². The minimum Gasteiger partial charge on any atom is -0.507 e. The number of rotatable bonds is 6. The van der Waals surface area contributed by atoms with Gasteiger partial charge >= 0.3 is 5.97 Å². The van der Waals surface area contributed by atoms with Crippen LogP contribution in [0.2, 0.25) is 0 Å². The minimum atomic E-state index is -1.08. The van der Waals surface area contributed by atoms with E-state index < -0.39 is 5.97 Å². The van der Waals surface area contributed by atoms with Crippen molar-refractivity contribution in [3.63, 3.8) is 0 Å². The number of carboxylic acid groups (broad SMARTS) is 1. The number of fused-ring (bicyclic) bond motifs is 3. The van der Waals surface area contributed by atoms with Gasteiger partial charge in [-0.3, -0.25) is 4.90 Å². The van der Waals surface area contributed by atoms with Gasteiger partial charge in [0, 0.05) is 34.0 Å². The fourth-order valence-corrected chi connectivity index (χ4v) is 5.15. The zero-order chi connectivity index (χ0) is 23.2. The number of hydrogen-bond acceptors (Lipinski definition) is 6. The predicted molar refractivity (Wildman–Crippen MR) is 127 cm³/mol. The van der Waals surface area contributed by atoms with E-state index in [0.29, 0.717) is 33.2 Å². The summed E-state index contributed by atoms with van der Waals surface area (Å²) in [5.41, 5.74) is 2.00. The smallest absolute Gasteiger partial charge is 0.339 e. The van der Waals surface area contributed by atoms with E-state index in [2.05, 4.69) is 9.88 Å². The highest BCUT2D eigenvalue weighted by atomic mass is 16.5.